The van der Waals surface area contributed by atoms with Crippen molar-refractivity contribution in [1.29, 1.82) is 0 Å². The van der Waals surface area contributed by atoms with Crippen LogP contribution in [0.3, 0.4) is 0 Å². The van der Waals surface area contributed by atoms with Gasteiger partial charge >= 0.3 is 6.09 Å². The van der Waals surface area contributed by atoms with Gasteiger partial charge in [-0.2, -0.15) is 0 Å². The second-order valence-corrected chi connectivity index (χ2v) is 7.97. The lowest BCUT2D eigenvalue weighted by Crippen LogP contribution is -2.52. The fourth-order valence-electron chi connectivity index (χ4n) is 4.03. The molecule has 2 N–H and O–H groups in total. The highest BCUT2D eigenvalue weighted by Crippen LogP contribution is 2.42. The van der Waals surface area contributed by atoms with Crippen molar-refractivity contribution in [3.05, 3.63) is 34.9 Å². The average molecular weight is 421 g/mol. The van der Waals surface area contributed by atoms with E-state index >= 15 is 0 Å². The van der Waals surface area contributed by atoms with E-state index in [1.165, 1.54) is 4.90 Å². The van der Waals surface area contributed by atoms with Gasteiger partial charge in [0.1, 0.15) is 6.04 Å². The normalized spacial score (nSPS) is 22.9. The van der Waals surface area contributed by atoms with E-state index in [2.05, 4.69) is 10.6 Å². The largest absolute Gasteiger partial charge is 0.449 e. The minimum atomic E-state index is -2.65. The Hall–Kier alpha value is -3.04. The van der Waals surface area contributed by atoms with Gasteiger partial charge in [0, 0.05) is 43.8 Å². The summed E-state index contributed by atoms with van der Waals surface area (Å²) in [4.78, 5) is 49.4. The quantitative estimate of drug-likeness (QED) is 0.705. The number of ether oxygens (including phenoxy) is 1. The Morgan fingerprint density at radius 3 is 2.73 bits per heavy atom. The number of alkyl halides is 2. The number of fused-ring (bicyclic) bond motifs is 1. The molecule has 1 atom stereocenters. The second-order valence-electron chi connectivity index (χ2n) is 7.97. The van der Waals surface area contributed by atoms with Crippen molar-refractivity contribution in [2.24, 2.45) is 5.92 Å². The minimum Gasteiger partial charge on any atom is -0.449 e. The van der Waals surface area contributed by atoms with E-state index in [1.54, 1.807) is 18.2 Å². The average Bonchev–Trinajstić information content (AvgIpc) is 2.99. The number of rotatable bonds is 5. The molecule has 0 aromatic heterocycles. The summed E-state index contributed by atoms with van der Waals surface area (Å²) in [6.45, 7) is 0.339. The number of benzene rings is 1. The van der Waals surface area contributed by atoms with E-state index in [4.69, 9.17) is 4.74 Å². The number of hydrogen-bond donors (Lipinski definition) is 2. The van der Waals surface area contributed by atoms with E-state index in [0.717, 1.165) is 5.56 Å². The first-order chi connectivity index (χ1) is 14.2. The lowest BCUT2D eigenvalue weighted by Gasteiger charge is -2.34. The lowest BCUT2D eigenvalue weighted by molar-refractivity contribution is -0.136. The third kappa shape index (κ3) is 4.12. The van der Waals surface area contributed by atoms with Gasteiger partial charge in [-0.15, -0.1) is 0 Å². The number of nitrogens with one attached hydrogen (secondary N) is 2. The molecule has 1 aromatic rings. The van der Waals surface area contributed by atoms with Crippen LogP contribution < -0.4 is 10.6 Å². The van der Waals surface area contributed by atoms with Crippen LogP contribution in [0.5, 0.6) is 0 Å². The highest BCUT2D eigenvalue weighted by molar-refractivity contribution is 6.05. The highest BCUT2D eigenvalue weighted by atomic mass is 19.3. The maximum Gasteiger partial charge on any atom is 0.407 e. The Bertz CT molecular complexity index is 912. The zero-order chi connectivity index (χ0) is 21.5. The molecular formula is C20H21F2N3O5. The van der Waals surface area contributed by atoms with Crippen molar-refractivity contribution in [3.63, 3.8) is 0 Å². The second kappa shape index (κ2) is 7.66. The number of piperidine rings is 1. The van der Waals surface area contributed by atoms with Crippen LogP contribution in [0, 0.1) is 5.92 Å². The topological polar surface area (TPSA) is 105 Å². The van der Waals surface area contributed by atoms with Crippen molar-refractivity contribution >= 4 is 23.8 Å². The molecule has 4 rings (SSSR count). The van der Waals surface area contributed by atoms with E-state index < -0.39 is 24.0 Å². The molecule has 30 heavy (non-hydrogen) atoms. The first-order valence-corrected chi connectivity index (χ1v) is 9.77. The van der Waals surface area contributed by atoms with Crippen LogP contribution in [0.15, 0.2) is 18.2 Å². The summed E-state index contributed by atoms with van der Waals surface area (Å²) < 4.78 is 30.5. The van der Waals surface area contributed by atoms with Gasteiger partial charge in [-0.1, -0.05) is 12.1 Å². The molecule has 3 aliphatic rings. The molecular weight excluding hydrogens is 400 g/mol. The molecule has 0 radical (unpaired) electrons. The highest BCUT2D eigenvalue weighted by Gasteiger charge is 2.45. The Morgan fingerprint density at radius 2 is 2.03 bits per heavy atom. The SMILES string of the molecule is O=C1CCC(N2Cc3ccc(CNC(=O)OCC4CC(F)(F)C4)cc3C2=O)C(=O)N1. The number of carbonyl (C=O) groups excluding carboxylic acids is 4. The van der Waals surface area contributed by atoms with Crippen molar-refractivity contribution in [1.82, 2.24) is 15.5 Å². The first-order valence-electron chi connectivity index (χ1n) is 9.77. The fourth-order valence-corrected chi connectivity index (χ4v) is 4.03. The molecule has 0 bridgehead atoms. The van der Waals surface area contributed by atoms with Gasteiger partial charge in [0.2, 0.25) is 17.7 Å². The summed E-state index contributed by atoms with van der Waals surface area (Å²) in [5.41, 5.74) is 1.88. The summed E-state index contributed by atoms with van der Waals surface area (Å²) in [6.07, 6.45) is -0.764. The van der Waals surface area contributed by atoms with Crippen LogP contribution in [0.25, 0.3) is 0 Å². The summed E-state index contributed by atoms with van der Waals surface area (Å²) in [5, 5.41) is 4.80. The number of carbonyl (C=O) groups is 4. The van der Waals surface area contributed by atoms with Gasteiger partial charge in [-0.3, -0.25) is 19.7 Å². The van der Waals surface area contributed by atoms with Crippen LogP contribution in [-0.4, -0.2) is 47.3 Å². The molecule has 10 heteroatoms. The Labute approximate surface area is 170 Å². The molecule has 2 fully saturated rings. The maximum absolute atomic E-state index is 12.8. The smallest absolute Gasteiger partial charge is 0.407 e. The van der Waals surface area contributed by atoms with Crippen LogP contribution in [0.2, 0.25) is 0 Å². The van der Waals surface area contributed by atoms with Crippen molar-refractivity contribution in [2.75, 3.05) is 6.61 Å². The number of imide groups is 1. The van der Waals surface area contributed by atoms with Crippen LogP contribution in [0.4, 0.5) is 13.6 Å². The molecule has 8 nitrogen and oxygen atoms in total. The van der Waals surface area contributed by atoms with Crippen molar-refractivity contribution in [3.8, 4) is 0 Å². The molecule has 1 saturated heterocycles. The predicted octanol–water partition coefficient (Wildman–Crippen LogP) is 1.72. The molecule has 1 unspecified atom stereocenters. The number of amides is 4. The third-order valence-corrected chi connectivity index (χ3v) is 5.65. The van der Waals surface area contributed by atoms with Gasteiger partial charge in [-0.25, -0.2) is 13.6 Å². The Morgan fingerprint density at radius 1 is 1.27 bits per heavy atom. The Kier molecular flexibility index (Phi) is 5.17. The van der Waals surface area contributed by atoms with Gasteiger partial charge in [0.25, 0.3) is 5.91 Å². The van der Waals surface area contributed by atoms with E-state index in [9.17, 15) is 28.0 Å². The summed E-state index contributed by atoms with van der Waals surface area (Å²) in [6, 6.07) is 4.49. The van der Waals surface area contributed by atoms with Gasteiger partial charge < -0.3 is 15.0 Å². The van der Waals surface area contributed by atoms with Crippen LogP contribution in [-0.2, 0) is 27.4 Å². The van der Waals surface area contributed by atoms with E-state index in [0.29, 0.717) is 11.1 Å². The monoisotopic (exact) mass is 421 g/mol. The van der Waals surface area contributed by atoms with E-state index in [-0.39, 0.29) is 63.1 Å². The third-order valence-electron chi connectivity index (χ3n) is 5.65. The van der Waals surface area contributed by atoms with Crippen molar-refractivity contribution < 1.29 is 32.7 Å². The lowest BCUT2D eigenvalue weighted by atomic mass is 9.82. The maximum atomic E-state index is 12.8. The summed E-state index contributed by atoms with van der Waals surface area (Å²) >= 11 is 0. The Balaban J connectivity index is 1.30. The molecule has 1 aliphatic carbocycles. The molecule has 160 valence electrons. The van der Waals surface area contributed by atoms with E-state index in [1.807, 2.05) is 0 Å². The minimum absolute atomic E-state index is 0.0506. The zero-order valence-corrected chi connectivity index (χ0v) is 16.1. The number of hydrogen-bond acceptors (Lipinski definition) is 5. The molecule has 0 spiro atoms. The molecule has 4 amide bonds. The van der Waals surface area contributed by atoms with Gasteiger partial charge in [0.15, 0.2) is 0 Å². The number of nitrogens with zero attached hydrogens (tertiary/aromatic N) is 1. The van der Waals surface area contributed by atoms with Crippen molar-refractivity contribution in [2.45, 2.75) is 50.7 Å². The first kappa shape index (κ1) is 20.2. The van der Waals surface area contributed by atoms with Crippen LogP contribution in [0.1, 0.15) is 47.2 Å². The standard InChI is InChI=1S/C20H21F2N3O5/c21-20(22)6-12(7-20)10-30-19(29)23-8-11-1-2-13-9-25(18(28)14(13)5-11)15-3-4-16(26)24-17(15)27/h1-2,5,12,15H,3-4,6-10H2,(H,23,29)(H,24,26,27). The fraction of sp³-hybridized carbons (Fsp3) is 0.500. The molecule has 1 saturated carbocycles. The molecule has 2 aliphatic heterocycles. The van der Waals surface area contributed by atoms with Gasteiger partial charge in [-0.05, 0) is 23.6 Å². The number of alkyl carbamates (subject to hydrolysis) is 1. The predicted molar refractivity (Wildman–Crippen MR) is 98.3 cm³/mol. The number of halogens is 2. The van der Waals surface area contributed by atoms with Gasteiger partial charge in [0.05, 0.1) is 6.61 Å². The van der Waals surface area contributed by atoms with Crippen LogP contribution >= 0.6 is 0 Å². The zero-order valence-electron chi connectivity index (χ0n) is 16.1. The molecule has 1 aromatic carbocycles. The molecule has 2 heterocycles. The summed E-state index contributed by atoms with van der Waals surface area (Å²) in [5.74, 6) is -4.08. The summed E-state index contributed by atoms with van der Waals surface area (Å²) in [7, 11) is 0.